The van der Waals surface area contributed by atoms with Crippen LogP contribution in [0.25, 0.3) is 0 Å². The van der Waals surface area contributed by atoms with Gasteiger partial charge in [-0.05, 0) is 24.6 Å². The van der Waals surface area contributed by atoms with Crippen molar-refractivity contribution in [3.63, 3.8) is 0 Å². The van der Waals surface area contributed by atoms with E-state index in [0.717, 1.165) is 11.5 Å². The topological polar surface area (TPSA) is 62.6 Å². The van der Waals surface area contributed by atoms with E-state index in [9.17, 15) is 5.11 Å². The molecule has 23 heavy (non-hydrogen) atoms. The monoisotopic (exact) mass is 312 g/mol. The predicted octanol–water partition coefficient (Wildman–Crippen LogP) is 3.31. The number of benzene rings is 1. The van der Waals surface area contributed by atoms with Gasteiger partial charge in [0, 0.05) is 19.2 Å². The first kappa shape index (κ1) is 15.5. The van der Waals surface area contributed by atoms with E-state index in [0.29, 0.717) is 25.4 Å². The molecule has 1 atom stereocenters. The summed E-state index contributed by atoms with van der Waals surface area (Å²) in [6.07, 6.45) is 0.887. The fourth-order valence-electron chi connectivity index (χ4n) is 2.55. The van der Waals surface area contributed by atoms with Crippen LogP contribution in [-0.2, 0) is 13.1 Å². The van der Waals surface area contributed by atoms with Gasteiger partial charge >= 0.3 is 0 Å². The fraction of sp³-hybridized carbons (Fsp3) is 0.278. The minimum Gasteiger partial charge on any atom is -0.467 e. The van der Waals surface area contributed by atoms with Crippen molar-refractivity contribution in [1.82, 2.24) is 10.1 Å². The smallest absolute Gasteiger partial charge is 0.150 e. The Hall–Kier alpha value is -2.37. The molecule has 0 fully saturated rings. The number of hydrogen-bond donors (Lipinski definition) is 1. The largest absolute Gasteiger partial charge is 0.467 e. The molecule has 0 bridgehead atoms. The van der Waals surface area contributed by atoms with Gasteiger partial charge in [-0.3, -0.25) is 4.90 Å². The lowest BCUT2D eigenvalue weighted by Crippen LogP contribution is -2.27. The molecular formula is C18H20N2O3. The summed E-state index contributed by atoms with van der Waals surface area (Å²) in [5.41, 5.74) is 2.03. The van der Waals surface area contributed by atoms with E-state index in [2.05, 4.69) is 22.2 Å². The second kappa shape index (κ2) is 7.26. The van der Waals surface area contributed by atoms with Crippen molar-refractivity contribution in [2.75, 3.05) is 6.54 Å². The summed E-state index contributed by atoms with van der Waals surface area (Å²) in [4.78, 5) is 2.11. The summed E-state index contributed by atoms with van der Waals surface area (Å²) in [6, 6.07) is 15.6. The van der Waals surface area contributed by atoms with Gasteiger partial charge in [-0.15, -0.1) is 0 Å². The molecule has 2 heterocycles. The van der Waals surface area contributed by atoms with E-state index in [1.165, 1.54) is 5.56 Å². The molecule has 0 unspecified atom stereocenters. The van der Waals surface area contributed by atoms with Gasteiger partial charge < -0.3 is 14.0 Å². The fourth-order valence-corrected chi connectivity index (χ4v) is 2.55. The molecule has 0 spiro atoms. The highest BCUT2D eigenvalue weighted by Gasteiger charge is 2.18. The SMILES string of the molecule is Cc1cc(CN(Cc2ccccc2)C[C@@H](O)c2ccco2)on1. The lowest BCUT2D eigenvalue weighted by molar-refractivity contribution is 0.0825. The van der Waals surface area contributed by atoms with Gasteiger partial charge in [0.1, 0.15) is 11.9 Å². The van der Waals surface area contributed by atoms with Gasteiger partial charge in [0.2, 0.25) is 0 Å². The van der Waals surface area contributed by atoms with E-state index in [1.807, 2.05) is 31.2 Å². The Morgan fingerprint density at radius 3 is 2.61 bits per heavy atom. The summed E-state index contributed by atoms with van der Waals surface area (Å²) in [6.45, 7) is 3.63. The van der Waals surface area contributed by atoms with Crippen molar-refractivity contribution in [1.29, 1.82) is 0 Å². The quantitative estimate of drug-likeness (QED) is 0.725. The maximum atomic E-state index is 10.4. The van der Waals surface area contributed by atoms with Gasteiger partial charge in [0.15, 0.2) is 5.76 Å². The summed E-state index contributed by atoms with van der Waals surface area (Å²) in [7, 11) is 0. The van der Waals surface area contributed by atoms with Crippen LogP contribution in [0, 0.1) is 6.92 Å². The van der Waals surface area contributed by atoms with Crippen LogP contribution in [-0.4, -0.2) is 21.7 Å². The Bertz CT molecular complexity index is 707. The zero-order valence-corrected chi connectivity index (χ0v) is 13.1. The standard InChI is InChI=1S/C18H20N2O3/c1-14-10-16(23-19-14)12-20(11-15-6-3-2-4-7-15)13-17(21)18-8-5-9-22-18/h2-10,17,21H,11-13H2,1H3/t17-/m1/s1. The van der Waals surface area contributed by atoms with Crippen molar-refractivity contribution in [3.05, 3.63) is 77.6 Å². The summed E-state index contributed by atoms with van der Waals surface area (Å²) >= 11 is 0. The molecule has 0 radical (unpaired) electrons. The average Bonchev–Trinajstić information content (AvgIpc) is 3.20. The van der Waals surface area contributed by atoms with Crippen molar-refractivity contribution >= 4 is 0 Å². The van der Waals surface area contributed by atoms with Crippen LogP contribution in [0.1, 0.15) is 28.9 Å². The molecule has 0 amide bonds. The second-order valence-electron chi connectivity index (χ2n) is 5.62. The third-order valence-corrected chi connectivity index (χ3v) is 3.61. The molecule has 0 aliphatic rings. The van der Waals surface area contributed by atoms with E-state index < -0.39 is 6.10 Å². The van der Waals surface area contributed by atoms with Crippen LogP contribution < -0.4 is 0 Å². The molecule has 0 aliphatic heterocycles. The molecule has 3 aromatic rings. The van der Waals surface area contributed by atoms with Crippen LogP contribution in [0.2, 0.25) is 0 Å². The van der Waals surface area contributed by atoms with Crippen molar-refractivity contribution in [2.24, 2.45) is 0 Å². The number of aromatic nitrogens is 1. The highest BCUT2D eigenvalue weighted by molar-refractivity contribution is 5.15. The number of rotatable bonds is 7. The number of hydrogen-bond acceptors (Lipinski definition) is 5. The van der Waals surface area contributed by atoms with Crippen LogP contribution in [0.5, 0.6) is 0 Å². The Balaban J connectivity index is 1.72. The van der Waals surface area contributed by atoms with Gasteiger partial charge in [-0.25, -0.2) is 0 Å². The lowest BCUT2D eigenvalue weighted by atomic mass is 10.2. The molecule has 0 aliphatic carbocycles. The van der Waals surface area contributed by atoms with Gasteiger partial charge in [0.05, 0.1) is 18.5 Å². The Morgan fingerprint density at radius 2 is 1.96 bits per heavy atom. The molecule has 2 aromatic heterocycles. The Labute approximate surface area is 135 Å². The zero-order chi connectivity index (χ0) is 16.1. The third kappa shape index (κ3) is 4.31. The maximum absolute atomic E-state index is 10.4. The zero-order valence-electron chi connectivity index (χ0n) is 13.1. The van der Waals surface area contributed by atoms with E-state index in [-0.39, 0.29) is 0 Å². The van der Waals surface area contributed by atoms with E-state index in [4.69, 9.17) is 8.94 Å². The summed E-state index contributed by atoms with van der Waals surface area (Å²) in [5.74, 6) is 1.35. The molecule has 120 valence electrons. The highest BCUT2D eigenvalue weighted by Crippen LogP contribution is 2.18. The number of aliphatic hydroxyl groups is 1. The van der Waals surface area contributed by atoms with Gasteiger partial charge in [-0.1, -0.05) is 35.5 Å². The maximum Gasteiger partial charge on any atom is 0.150 e. The van der Waals surface area contributed by atoms with Crippen LogP contribution in [0.4, 0.5) is 0 Å². The summed E-state index contributed by atoms with van der Waals surface area (Å²) in [5, 5.41) is 14.3. The van der Waals surface area contributed by atoms with Gasteiger partial charge in [0.25, 0.3) is 0 Å². The number of nitrogens with zero attached hydrogens (tertiary/aromatic N) is 2. The average molecular weight is 312 g/mol. The minimum absolute atomic E-state index is 0.447. The minimum atomic E-state index is -0.683. The number of aryl methyl sites for hydroxylation is 1. The molecule has 5 heteroatoms. The molecular weight excluding hydrogens is 292 g/mol. The van der Waals surface area contributed by atoms with E-state index in [1.54, 1.807) is 18.4 Å². The van der Waals surface area contributed by atoms with Gasteiger partial charge in [-0.2, -0.15) is 0 Å². The Morgan fingerprint density at radius 1 is 1.13 bits per heavy atom. The third-order valence-electron chi connectivity index (χ3n) is 3.61. The lowest BCUT2D eigenvalue weighted by Gasteiger charge is -2.23. The van der Waals surface area contributed by atoms with Crippen molar-refractivity contribution in [3.8, 4) is 0 Å². The molecule has 0 saturated carbocycles. The number of aliphatic hydroxyl groups excluding tert-OH is 1. The van der Waals surface area contributed by atoms with Crippen molar-refractivity contribution < 1.29 is 14.0 Å². The first-order valence-electron chi connectivity index (χ1n) is 7.60. The number of furan rings is 1. The molecule has 1 N–H and O–H groups in total. The first-order valence-corrected chi connectivity index (χ1v) is 7.60. The molecule has 1 aromatic carbocycles. The summed E-state index contributed by atoms with van der Waals surface area (Å²) < 4.78 is 10.6. The predicted molar refractivity (Wildman–Crippen MR) is 85.5 cm³/mol. The molecule has 5 nitrogen and oxygen atoms in total. The molecule has 0 saturated heterocycles. The van der Waals surface area contributed by atoms with Crippen LogP contribution >= 0.6 is 0 Å². The van der Waals surface area contributed by atoms with E-state index >= 15 is 0 Å². The second-order valence-corrected chi connectivity index (χ2v) is 5.62. The highest BCUT2D eigenvalue weighted by atomic mass is 16.5. The first-order chi connectivity index (χ1) is 11.2. The Kier molecular flexibility index (Phi) is 4.90. The molecule has 3 rings (SSSR count). The normalized spacial score (nSPS) is 12.7. The van der Waals surface area contributed by atoms with Crippen LogP contribution in [0.3, 0.4) is 0 Å². The van der Waals surface area contributed by atoms with Crippen LogP contribution in [0.15, 0.2) is 63.7 Å². The van der Waals surface area contributed by atoms with Crippen molar-refractivity contribution in [2.45, 2.75) is 26.1 Å².